The Morgan fingerprint density at radius 2 is 2.00 bits per heavy atom. The zero-order chi connectivity index (χ0) is 14.8. The van der Waals surface area contributed by atoms with Gasteiger partial charge in [0.1, 0.15) is 5.75 Å². The molecule has 2 aromatic carbocycles. The van der Waals surface area contributed by atoms with E-state index in [0.717, 1.165) is 26.0 Å². The molecule has 0 spiro atoms. The van der Waals surface area contributed by atoms with E-state index in [2.05, 4.69) is 20.9 Å². The monoisotopic (exact) mass is 360 g/mol. The molecule has 0 aliphatic carbocycles. The number of nitrogens with zero attached hydrogens (tertiary/aromatic N) is 1. The van der Waals surface area contributed by atoms with Gasteiger partial charge in [-0.15, -0.1) is 11.8 Å². The minimum atomic E-state index is 0.525. The topological polar surface area (TPSA) is 48.1 Å². The van der Waals surface area contributed by atoms with E-state index < -0.39 is 0 Å². The number of nitrogen functional groups attached to an aromatic ring is 1. The molecule has 0 aliphatic heterocycles. The molecule has 0 saturated heterocycles. The fraction of sp³-hybridized carbons (Fsp3) is 0.0625. The van der Waals surface area contributed by atoms with Crippen LogP contribution in [0, 0.1) is 0 Å². The molecule has 1 aromatic heterocycles. The molecule has 106 valence electrons. The van der Waals surface area contributed by atoms with Gasteiger partial charge in [0.05, 0.1) is 17.4 Å². The van der Waals surface area contributed by atoms with Gasteiger partial charge < -0.3 is 10.5 Å². The maximum atomic E-state index is 6.09. The summed E-state index contributed by atoms with van der Waals surface area (Å²) < 4.78 is 7.06. The molecule has 3 aromatic rings. The summed E-state index contributed by atoms with van der Waals surface area (Å²) in [5.41, 5.74) is 7.44. The number of aromatic nitrogens is 1. The average Bonchev–Trinajstić information content (AvgIpc) is 2.50. The van der Waals surface area contributed by atoms with Gasteiger partial charge in [0.25, 0.3) is 0 Å². The van der Waals surface area contributed by atoms with Crippen LogP contribution in [0.3, 0.4) is 0 Å². The Labute approximate surface area is 135 Å². The van der Waals surface area contributed by atoms with Gasteiger partial charge in [-0.25, -0.2) is 0 Å². The lowest BCUT2D eigenvalue weighted by Crippen LogP contribution is -1.96. The second-order valence-corrected chi connectivity index (χ2v) is 6.22. The first-order valence-electron chi connectivity index (χ1n) is 6.33. The minimum absolute atomic E-state index is 0.525. The number of benzene rings is 2. The summed E-state index contributed by atoms with van der Waals surface area (Å²) in [6.07, 6.45) is 3.65. The van der Waals surface area contributed by atoms with E-state index in [1.165, 1.54) is 0 Å². The Morgan fingerprint density at radius 3 is 2.81 bits per heavy atom. The van der Waals surface area contributed by atoms with E-state index in [1.807, 2.05) is 48.7 Å². The van der Waals surface area contributed by atoms with Crippen LogP contribution in [0.25, 0.3) is 10.9 Å². The molecule has 3 rings (SSSR count). The molecule has 0 fully saturated rings. The number of thioether (sulfide) groups is 1. The molecule has 0 aliphatic rings. The number of ether oxygens (including phenoxy) is 1. The number of anilines is 1. The van der Waals surface area contributed by atoms with Gasteiger partial charge in [0.15, 0.2) is 5.75 Å². The highest BCUT2D eigenvalue weighted by Gasteiger charge is 2.11. The zero-order valence-corrected chi connectivity index (χ0v) is 13.7. The van der Waals surface area contributed by atoms with Crippen molar-refractivity contribution in [1.29, 1.82) is 0 Å². The molecule has 0 unspecified atom stereocenters. The Hall–Kier alpha value is -1.72. The third kappa shape index (κ3) is 2.84. The second-order valence-electron chi connectivity index (χ2n) is 4.46. The highest BCUT2D eigenvalue weighted by atomic mass is 79.9. The van der Waals surface area contributed by atoms with Crippen molar-refractivity contribution in [2.75, 3.05) is 12.0 Å². The molecule has 0 saturated carbocycles. The SMILES string of the molecule is CSc1ccccc1Oc1c(N)cnc2ccc(Br)cc12. The zero-order valence-electron chi connectivity index (χ0n) is 11.3. The first-order chi connectivity index (χ1) is 10.2. The molecule has 21 heavy (non-hydrogen) atoms. The molecule has 2 N–H and O–H groups in total. The van der Waals surface area contributed by atoms with Crippen LogP contribution in [-0.4, -0.2) is 11.2 Å². The number of halogens is 1. The van der Waals surface area contributed by atoms with Crippen LogP contribution >= 0.6 is 27.7 Å². The van der Waals surface area contributed by atoms with Crippen LogP contribution in [0.4, 0.5) is 5.69 Å². The van der Waals surface area contributed by atoms with Crippen molar-refractivity contribution in [2.45, 2.75) is 4.90 Å². The third-order valence-electron chi connectivity index (χ3n) is 3.09. The minimum Gasteiger partial charge on any atom is -0.453 e. The van der Waals surface area contributed by atoms with Crippen LogP contribution in [0.1, 0.15) is 0 Å². The standard InChI is InChI=1S/C16H13BrN2OS/c1-21-15-5-3-2-4-14(15)20-16-11-8-10(17)6-7-13(11)19-9-12(16)18/h2-9H,18H2,1H3. The van der Waals surface area contributed by atoms with Gasteiger partial charge in [0, 0.05) is 14.8 Å². The lowest BCUT2D eigenvalue weighted by molar-refractivity contribution is 0.478. The Morgan fingerprint density at radius 1 is 1.19 bits per heavy atom. The number of hydrogen-bond donors (Lipinski definition) is 1. The van der Waals surface area contributed by atoms with Gasteiger partial charge in [-0.2, -0.15) is 0 Å². The van der Waals surface area contributed by atoms with Gasteiger partial charge in [-0.1, -0.05) is 28.1 Å². The van der Waals surface area contributed by atoms with Crippen molar-refractivity contribution >= 4 is 44.3 Å². The fourth-order valence-electron chi connectivity index (χ4n) is 2.08. The van der Waals surface area contributed by atoms with Crippen molar-refractivity contribution in [1.82, 2.24) is 4.98 Å². The maximum Gasteiger partial charge on any atom is 0.161 e. The van der Waals surface area contributed by atoms with Gasteiger partial charge in [-0.3, -0.25) is 4.98 Å². The van der Waals surface area contributed by atoms with Crippen molar-refractivity contribution in [3.63, 3.8) is 0 Å². The van der Waals surface area contributed by atoms with Crippen molar-refractivity contribution in [3.05, 3.63) is 53.1 Å². The smallest absolute Gasteiger partial charge is 0.161 e. The van der Waals surface area contributed by atoms with E-state index in [1.54, 1.807) is 18.0 Å². The third-order valence-corrected chi connectivity index (χ3v) is 4.36. The number of nitrogens with two attached hydrogens (primary N) is 1. The Bertz CT molecular complexity index is 802. The van der Waals surface area contributed by atoms with Crippen LogP contribution in [-0.2, 0) is 0 Å². The Balaban J connectivity index is 2.15. The van der Waals surface area contributed by atoms with Gasteiger partial charge >= 0.3 is 0 Å². The Kier molecular flexibility index (Phi) is 4.03. The molecule has 0 atom stereocenters. The number of hydrogen-bond acceptors (Lipinski definition) is 4. The maximum absolute atomic E-state index is 6.09. The largest absolute Gasteiger partial charge is 0.453 e. The molecular weight excluding hydrogens is 348 g/mol. The van der Waals surface area contributed by atoms with Gasteiger partial charge in [-0.05, 0) is 36.6 Å². The highest BCUT2D eigenvalue weighted by molar-refractivity contribution is 9.10. The average molecular weight is 361 g/mol. The molecule has 3 nitrogen and oxygen atoms in total. The first kappa shape index (κ1) is 14.2. The lowest BCUT2D eigenvalue weighted by Gasteiger charge is -2.13. The van der Waals surface area contributed by atoms with Gasteiger partial charge in [0.2, 0.25) is 0 Å². The van der Waals surface area contributed by atoms with Crippen LogP contribution in [0.5, 0.6) is 11.5 Å². The van der Waals surface area contributed by atoms with E-state index in [4.69, 9.17) is 10.5 Å². The number of para-hydroxylation sites is 1. The lowest BCUT2D eigenvalue weighted by atomic mass is 10.2. The molecule has 1 heterocycles. The van der Waals surface area contributed by atoms with E-state index in [-0.39, 0.29) is 0 Å². The van der Waals surface area contributed by atoms with E-state index in [9.17, 15) is 0 Å². The van der Waals surface area contributed by atoms with Crippen LogP contribution in [0.15, 0.2) is 58.0 Å². The normalized spacial score (nSPS) is 10.8. The van der Waals surface area contributed by atoms with Crippen LogP contribution in [0.2, 0.25) is 0 Å². The first-order valence-corrected chi connectivity index (χ1v) is 8.35. The summed E-state index contributed by atoms with van der Waals surface area (Å²) in [6, 6.07) is 13.8. The number of pyridine rings is 1. The molecule has 5 heteroatoms. The number of fused-ring (bicyclic) bond motifs is 1. The highest BCUT2D eigenvalue weighted by Crippen LogP contribution is 2.38. The predicted octanol–water partition coefficient (Wildman–Crippen LogP) is 5.09. The quantitative estimate of drug-likeness (QED) is 0.660. The summed E-state index contributed by atoms with van der Waals surface area (Å²) in [7, 11) is 0. The second kappa shape index (κ2) is 5.95. The fourth-order valence-corrected chi connectivity index (χ4v) is 2.97. The molecule has 0 amide bonds. The molecule has 0 radical (unpaired) electrons. The van der Waals surface area contributed by atoms with Crippen LogP contribution < -0.4 is 10.5 Å². The number of rotatable bonds is 3. The summed E-state index contributed by atoms with van der Waals surface area (Å²) in [4.78, 5) is 5.40. The van der Waals surface area contributed by atoms with E-state index >= 15 is 0 Å². The van der Waals surface area contributed by atoms with E-state index in [0.29, 0.717) is 11.4 Å². The van der Waals surface area contributed by atoms with Crippen molar-refractivity contribution in [3.8, 4) is 11.5 Å². The van der Waals surface area contributed by atoms with Crippen molar-refractivity contribution < 1.29 is 4.74 Å². The predicted molar refractivity (Wildman–Crippen MR) is 92.2 cm³/mol. The summed E-state index contributed by atoms with van der Waals surface area (Å²) in [5.74, 6) is 1.44. The summed E-state index contributed by atoms with van der Waals surface area (Å²) >= 11 is 5.11. The van der Waals surface area contributed by atoms with Crippen molar-refractivity contribution in [2.24, 2.45) is 0 Å². The summed E-state index contributed by atoms with van der Waals surface area (Å²) in [5, 5.41) is 0.889. The summed E-state index contributed by atoms with van der Waals surface area (Å²) in [6.45, 7) is 0. The molecular formula is C16H13BrN2OS. The molecule has 0 bridgehead atoms.